The van der Waals surface area contributed by atoms with Crippen molar-refractivity contribution >= 4 is 15.9 Å². The molecule has 1 aliphatic heterocycles. The first-order chi connectivity index (χ1) is 13.9. The summed E-state index contributed by atoms with van der Waals surface area (Å²) >= 11 is 0. The Kier molecular flexibility index (Phi) is 11.0. The zero-order valence-electron chi connectivity index (χ0n) is 18.7. The molecule has 1 saturated heterocycles. The van der Waals surface area contributed by atoms with Crippen LogP contribution in [0.3, 0.4) is 0 Å². The quantitative estimate of drug-likeness (QED) is 0.700. The van der Waals surface area contributed by atoms with Gasteiger partial charge in [0.2, 0.25) is 15.9 Å². The molecule has 0 aromatic heterocycles. The van der Waals surface area contributed by atoms with E-state index in [1.165, 1.54) is 35.7 Å². The van der Waals surface area contributed by atoms with E-state index in [1.54, 1.807) is 6.07 Å². The van der Waals surface area contributed by atoms with Gasteiger partial charge in [0, 0.05) is 19.1 Å². The summed E-state index contributed by atoms with van der Waals surface area (Å²) in [6.07, 6.45) is 9.81. The van der Waals surface area contributed by atoms with Gasteiger partial charge in [-0.05, 0) is 50.3 Å². The monoisotopic (exact) mass is 449 g/mol. The van der Waals surface area contributed by atoms with Crippen LogP contribution < -0.4 is 5.32 Å². The zero-order valence-corrected chi connectivity index (χ0v) is 19.6. The van der Waals surface area contributed by atoms with Crippen LogP contribution in [0.15, 0.2) is 23.1 Å². The molecule has 2 aliphatic rings. The van der Waals surface area contributed by atoms with Gasteiger partial charge in [-0.1, -0.05) is 59.4 Å². The summed E-state index contributed by atoms with van der Waals surface area (Å²) in [5, 5.41) is 13.2. The summed E-state index contributed by atoms with van der Waals surface area (Å²) in [6, 6.07) is 4.35. The standard InChI is InChI=1S/C22H33N2O4S.2CH2/c1-17-12-13-21(20(25)15-17)29(27,28)24-14-8-7-11-19(24)16-23-22(26)18-9-5-3-2-4-6-10-18;;/h12-13,15,19,25H,2-11,14,16H2,1H3,(H,23,26);2*1H2. The predicted molar refractivity (Wildman–Crippen MR) is 124 cm³/mol. The van der Waals surface area contributed by atoms with Crippen molar-refractivity contribution < 1.29 is 18.3 Å². The van der Waals surface area contributed by atoms with E-state index in [4.69, 9.17) is 0 Å². The molecule has 2 N–H and O–H groups in total. The SMILES string of the molecule is Cc1ccc(S(=O)(=O)N2CCCCC2CNC(=O)[C]2CCCCCCC2)c(O)c1.[CH2].[CH2]. The third-order valence-corrected chi connectivity index (χ3v) is 8.05. The van der Waals surface area contributed by atoms with Crippen molar-refractivity contribution in [1.29, 1.82) is 0 Å². The van der Waals surface area contributed by atoms with Crippen LogP contribution in [0, 0.1) is 27.7 Å². The Morgan fingerprint density at radius 3 is 2.35 bits per heavy atom. The van der Waals surface area contributed by atoms with Crippen LogP contribution in [0.2, 0.25) is 0 Å². The van der Waals surface area contributed by atoms with Crippen LogP contribution in [0.25, 0.3) is 0 Å². The zero-order chi connectivity index (χ0) is 20.9. The van der Waals surface area contributed by atoms with Gasteiger partial charge in [0.15, 0.2) is 0 Å². The largest absolute Gasteiger partial charge is 0.507 e. The number of aromatic hydroxyl groups is 1. The second-order valence-electron chi connectivity index (χ2n) is 8.32. The molecule has 173 valence electrons. The van der Waals surface area contributed by atoms with E-state index in [0.29, 0.717) is 19.5 Å². The molecular formula is C24H37N2O4S. The minimum Gasteiger partial charge on any atom is -0.507 e. The van der Waals surface area contributed by atoms with E-state index in [0.717, 1.165) is 50.0 Å². The molecule has 5 radical (unpaired) electrons. The van der Waals surface area contributed by atoms with Gasteiger partial charge in [-0.25, -0.2) is 8.42 Å². The summed E-state index contributed by atoms with van der Waals surface area (Å²) in [5.41, 5.74) is 0.806. The lowest BCUT2D eigenvalue weighted by Gasteiger charge is -2.35. The maximum atomic E-state index is 13.2. The number of amides is 1. The van der Waals surface area contributed by atoms with E-state index < -0.39 is 10.0 Å². The fourth-order valence-electron chi connectivity index (χ4n) is 4.36. The molecule has 1 aromatic rings. The number of benzene rings is 1. The number of hydrogen-bond acceptors (Lipinski definition) is 4. The average Bonchev–Trinajstić information content (AvgIpc) is 2.66. The van der Waals surface area contributed by atoms with Gasteiger partial charge >= 0.3 is 0 Å². The highest BCUT2D eigenvalue weighted by atomic mass is 32.2. The van der Waals surface area contributed by atoms with E-state index in [2.05, 4.69) is 5.32 Å². The Bertz CT molecular complexity index is 802. The van der Waals surface area contributed by atoms with Crippen molar-refractivity contribution in [3.63, 3.8) is 0 Å². The van der Waals surface area contributed by atoms with E-state index in [9.17, 15) is 18.3 Å². The topological polar surface area (TPSA) is 86.7 Å². The maximum Gasteiger partial charge on any atom is 0.247 e. The number of phenolic OH excluding ortho intramolecular Hbond substituents is 1. The van der Waals surface area contributed by atoms with Crippen LogP contribution in [0.4, 0.5) is 0 Å². The number of sulfonamides is 1. The number of nitrogens with one attached hydrogen (secondary N) is 1. The molecule has 6 nitrogen and oxygen atoms in total. The summed E-state index contributed by atoms with van der Waals surface area (Å²) in [5.74, 6) is 0.711. The van der Waals surface area contributed by atoms with Crippen molar-refractivity contribution in [2.24, 2.45) is 0 Å². The molecule has 1 aliphatic carbocycles. The maximum absolute atomic E-state index is 13.2. The first kappa shape index (κ1) is 27.4. The molecule has 1 amide bonds. The summed E-state index contributed by atoms with van der Waals surface area (Å²) < 4.78 is 27.9. The predicted octanol–water partition coefficient (Wildman–Crippen LogP) is 4.33. The number of carbonyl (C=O) groups excluding carboxylic acids is 1. The third-order valence-electron chi connectivity index (χ3n) is 6.05. The number of piperidine rings is 1. The van der Waals surface area contributed by atoms with Crippen molar-refractivity contribution in [1.82, 2.24) is 9.62 Å². The van der Waals surface area contributed by atoms with Crippen molar-refractivity contribution in [2.45, 2.75) is 82.1 Å². The molecule has 1 saturated carbocycles. The lowest BCUT2D eigenvalue weighted by Crippen LogP contribution is -2.49. The minimum absolute atomic E-state index is 0. The molecular weight excluding hydrogens is 412 g/mol. The van der Waals surface area contributed by atoms with Crippen LogP contribution in [-0.2, 0) is 14.8 Å². The molecule has 0 spiro atoms. The summed E-state index contributed by atoms with van der Waals surface area (Å²) in [6.45, 7) is 2.53. The second-order valence-corrected chi connectivity index (χ2v) is 10.2. The molecule has 2 fully saturated rings. The van der Waals surface area contributed by atoms with Gasteiger partial charge < -0.3 is 10.4 Å². The molecule has 3 rings (SSSR count). The number of phenols is 1. The van der Waals surface area contributed by atoms with E-state index in [-0.39, 0.29) is 37.4 Å². The Labute approximate surface area is 189 Å². The highest BCUT2D eigenvalue weighted by molar-refractivity contribution is 7.89. The Balaban J connectivity index is 0.00000240. The molecule has 1 aromatic carbocycles. The fraction of sp³-hybridized carbons (Fsp3) is 0.583. The number of rotatable bonds is 5. The molecule has 0 bridgehead atoms. The van der Waals surface area contributed by atoms with Crippen molar-refractivity contribution in [2.75, 3.05) is 13.1 Å². The van der Waals surface area contributed by atoms with Gasteiger partial charge in [-0.3, -0.25) is 4.79 Å². The minimum atomic E-state index is -3.82. The van der Waals surface area contributed by atoms with E-state index in [1.807, 2.05) is 6.92 Å². The van der Waals surface area contributed by atoms with Gasteiger partial charge in [0.05, 0.1) is 5.92 Å². The first-order valence-electron chi connectivity index (χ1n) is 10.8. The van der Waals surface area contributed by atoms with Gasteiger partial charge in [0.25, 0.3) is 0 Å². The first-order valence-corrected chi connectivity index (χ1v) is 12.3. The molecule has 1 atom stereocenters. The second kappa shape index (κ2) is 12.4. The number of carbonyl (C=O) groups is 1. The number of aryl methyl sites for hydroxylation is 1. The van der Waals surface area contributed by atoms with Crippen LogP contribution >= 0.6 is 0 Å². The van der Waals surface area contributed by atoms with E-state index >= 15 is 0 Å². The lowest BCUT2D eigenvalue weighted by atomic mass is 9.90. The van der Waals surface area contributed by atoms with Crippen LogP contribution in [0.1, 0.15) is 69.8 Å². The Hall–Kier alpha value is -1.60. The molecule has 1 heterocycles. The normalized spacial score (nSPS) is 21.1. The Morgan fingerprint density at radius 1 is 1.06 bits per heavy atom. The van der Waals surface area contributed by atoms with Crippen molar-refractivity contribution in [3.8, 4) is 5.75 Å². The number of nitrogens with zero attached hydrogens (tertiary/aromatic N) is 1. The molecule has 31 heavy (non-hydrogen) atoms. The summed E-state index contributed by atoms with van der Waals surface area (Å²) in [4.78, 5) is 12.6. The fourth-order valence-corrected chi connectivity index (χ4v) is 6.12. The van der Waals surface area contributed by atoms with Gasteiger partial charge in [-0.15, -0.1) is 0 Å². The van der Waals surface area contributed by atoms with Crippen LogP contribution in [0.5, 0.6) is 5.75 Å². The smallest absolute Gasteiger partial charge is 0.247 e. The average molecular weight is 450 g/mol. The lowest BCUT2D eigenvalue weighted by molar-refractivity contribution is -0.120. The third kappa shape index (κ3) is 6.94. The van der Waals surface area contributed by atoms with Gasteiger partial charge in [-0.2, -0.15) is 4.31 Å². The highest BCUT2D eigenvalue weighted by Crippen LogP contribution is 2.31. The molecule has 7 heteroatoms. The number of hydrogen-bond donors (Lipinski definition) is 2. The van der Waals surface area contributed by atoms with Gasteiger partial charge in [0.1, 0.15) is 10.6 Å². The van der Waals surface area contributed by atoms with Crippen LogP contribution in [-0.4, -0.2) is 42.9 Å². The summed E-state index contributed by atoms with van der Waals surface area (Å²) in [7, 11) is -3.82. The Morgan fingerprint density at radius 2 is 1.71 bits per heavy atom. The highest BCUT2D eigenvalue weighted by Gasteiger charge is 2.35. The molecule has 1 unspecified atom stereocenters. The van der Waals surface area contributed by atoms with Crippen molar-refractivity contribution in [3.05, 3.63) is 44.5 Å².